The Balaban J connectivity index is 2.11. The zero-order valence-corrected chi connectivity index (χ0v) is 10.9. The molecule has 1 saturated carbocycles. The number of carbonyl (C=O) groups is 1. The average Bonchev–Trinajstić information content (AvgIpc) is 2.30. The fourth-order valence-corrected chi connectivity index (χ4v) is 3.33. The van der Waals surface area contributed by atoms with E-state index in [4.69, 9.17) is 0 Å². The average molecular weight is 240 g/mol. The van der Waals surface area contributed by atoms with Crippen LogP contribution in [-0.2, 0) is 4.79 Å². The Morgan fingerprint density at radius 3 is 2.53 bits per heavy atom. The topological polar surface area (TPSA) is 43.8 Å². The summed E-state index contributed by atoms with van der Waals surface area (Å²) in [6.07, 6.45) is 6.05. The van der Waals surface area contributed by atoms with E-state index in [2.05, 4.69) is 11.8 Å². The van der Waals surface area contributed by atoms with Gasteiger partial charge in [-0.15, -0.1) is 0 Å². The van der Waals surface area contributed by atoms with E-state index in [-0.39, 0.29) is 24.6 Å². The number of aliphatic hydroxyl groups excluding tert-OH is 1. The van der Waals surface area contributed by atoms with E-state index in [1.54, 1.807) is 0 Å². The van der Waals surface area contributed by atoms with Crippen LogP contribution < -0.4 is 0 Å². The Hall–Kier alpha value is -0.610. The van der Waals surface area contributed by atoms with Crippen molar-refractivity contribution in [1.82, 2.24) is 9.80 Å². The second-order valence-electron chi connectivity index (χ2n) is 5.52. The fourth-order valence-electron chi connectivity index (χ4n) is 3.33. The number of hydrogen-bond acceptors (Lipinski definition) is 3. The van der Waals surface area contributed by atoms with Crippen LogP contribution in [0.3, 0.4) is 0 Å². The zero-order chi connectivity index (χ0) is 12.4. The summed E-state index contributed by atoms with van der Waals surface area (Å²) in [6, 6.07) is 0.362. The van der Waals surface area contributed by atoms with Crippen molar-refractivity contribution in [2.45, 2.75) is 57.2 Å². The number of rotatable bonds is 2. The molecule has 0 radical (unpaired) electrons. The number of piperazine rings is 1. The van der Waals surface area contributed by atoms with Crippen molar-refractivity contribution >= 4 is 5.91 Å². The standard InChI is InChI=1S/C13H24N2O2/c1-10-8-14(2)12(9-16)13(17)15(10)11-6-4-3-5-7-11/h10-12,16H,3-9H2,1-2H3. The van der Waals surface area contributed by atoms with Crippen LogP contribution in [0.1, 0.15) is 39.0 Å². The summed E-state index contributed by atoms with van der Waals surface area (Å²) < 4.78 is 0. The molecular weight excluding hydrogens is 216 g/mol. The summed E-state index contributed by atoms with van der Waals surface area (Å²) in [5.41, 5.74) is 0. The van der Waals surface area contributed by atoms with Gasteiger partial charge in [0.25, 0.3) is 0 Å². The van der Waals surface area contributed by atoms with Gasteiger partial charge in [-0.25, -0.2) is 0 Å². The summed E-state index contributed by atoms with van der Waals surface area (Å²) in [4.78, 5) is 16.4. The summed E-state index contributed by atoms with van der Waals surface area (Å²) in [5, 5.41) is 9.35. The molecule has 0 aromatic carbocycles. The molecule has 2 aliphatic rings. The Morgan fingerprint density at radius 2 is 1.94 bits per heavy atom. The minimum atomic E-state index is -0.326. The van der Waals surface area contributed by atoms with Crippen LogP contribution in [0.2, 0.25) is 0 Å². The highest BCUT2D eigenvalue weighted by atomic mass is 16.3. The molecule has 2 rings (SSSR count). The highest BCUT2D eigenvalue weighted by Gasteiger charge is 2.39. The minimum Gasteiger partial charge on any atom is -0.394 e. The first-order valence-electron chi connectivity index (χ1n) is 6.78. The second-order valence-corrected chi connectivity index (χ2v) is 5.52. The van der Waals surface area contributed by atoms with E-state index >= 15 is 0 Å². The van der Waals surface area contributed by atoms with Crippen molar-refractivity contribution < 1.29 is 9.90 Å². The van der Waals surface area contributed by atoms with Gasteiger partial charge < -0.3 is 10.0 Å². The first kappa shape index (κ1) is 12.8. The molecule has 1 aliphatic carbocycles. The molecular formula is C13H24N2O2. The molecule has 0 aromatic rings. The lowest BCUT2D eigenvalue weighted by atomic mass is 9.91. The van der Waals surface area contributed by atoms with E-state index < -0.39 is 0 Å². The number of likely N-dealkylation sites (N-methyl/N-ethyl adjacent to an activating group) is 1. The maximum atomic E-state index is 12.4. The van der Waals surface area contributed by atoms with Crippen molar-refractivity contribution in [3.63, 3.8) is 0 Å². The number of amides is 1. The smallest absolute Gasteiger partial charge is 0.242 e. The highest BCUT2D eigenvalue weighted by molar-refractivity contribution is 5.83. The Morgan fingerprint density at radius 1 is 1.29 bits per heavy atom. The third-order valence-corrected chi connectivity index (χ3v) is 4.24. The number of carbonyl (C=O) groups excluding carboxylic acids is 1. The molecule has 2 atom stereocenters. The summed E-state index contributed by atoms with van der Waals surface area (Å²) in [7, 11) is 1.92. The second kappa shape index (κ2) is 5.36. The van der Waals surface area contributed by atoms with Gasteiger partial charge in [-0.1, -0.05) is 19.3 Å². The van der Waals surface area contributed by atoms with E-state index in [1.807, 2.05) is 11.9 Å². The van der Waals surface area contributed by atoms with Crippen LogP contribution in [0.25, 0.3) is 0 Å². The molecule has 1 aliphatic heterocycles. The summed E-state index contributed by atoms with van der Waals surface area (Å²) in [5.74, 6) is 0.126. The van der Waals surface area contributed by atoms with Gasteiger partial charge in [-0.05, 0) is 26.8 Å². The molecule has 2 unspecified atom stereocenters. The maximum absolute atomic E-state index is 12.4. The Kier molecular flexibility index (Phi) is 4.05. The molecule has 1 saturated heterocycles. The quantitative estimate of drug-likeness (QED) is 0.778. The molecule has 4 nitrogen and oxygen atoms in total. The van der Waals surface area contributed by atoms with Crippen LogP contribution in [0.15, 0.2) is 0 Å². The minimum absolute atomic E-state index is 0.0642. The first-order chi connectivity index (χ1) is 8.15. The Bertz CT molecular complexity index is 277. The van der Waals surface area contributed by atoms with Crippen LogP contribution in [0, 0.1) is 0 Å². The predicted molar refractivity (Wildman–Crippen MR) is 66.7 cm³/mol. The normalized spacial score (nSPS) is 33.1. The molecule has 1 N–H and O–H groups in total. The van der Waals surface area contributed by atoms with E-state index in [9.17, 15) is 9.90 Å². The van der Waals surface area contributed by atoms with Crippen LogP contribution in [0.4, 0.5) is 0 Å². The third-order valence-electron chi connectivity index (χ3n) is 4.24. The molecule has 0 bridgehead atoms. The largest absolute Gasteiger partial charge is 0.394 e. The molecule has 0 aromatic heterocycles. The lowest BCUT2D eigenvalue weighted by Gasteiger charge is -2.47. The molecule has 1 amide bonds. The van der Waals surface area contributed by atoms with Crippen molar-refractivity contribution in [1.29, 1.82) is 0 Å². The van der Waals surface area contributed by atoms with Crippen molar-refractivity contribution in [2.24, 2.45) is 0 Å². The van der Waals surface area contributed by atoms with E-state index in [1.165, 1.54) is 19.3 Å². The van der Waals surface area contributed by atoms with E-state index in [0.717, 1.165) is 19.4 Å². The summed E-state index contributed by atoms with van der Waals surface area (Å²) >= 11 is 0. The maximum Gasteiger partial charge on any atom is 0.242 e. The zero-order valence-electron chi connectivity index (χ0n) is 10.9. The van der Waals surface area contributed by atoms with Crippen molar-refractivity contribution in [3.8, 4) is 0 Å². The third kappa shape index (κ3) is 2.47. The molecule has 98 valence electrons. The molecule has 4 heteroatoms. The van der Waals surface area contributed by atoms with Gasteiger partial charge in [0.15, 0.2) is 0 Å². The molecule has 1 heterocycles. The predicted octanol–water partition coefficient (Wildman–Crippen LogP) is 0.842. The van der Waals surface area contributed by atoms with Crippen molar-refractivity contribution in [3.05, 3.63) is 0 Å². The highest BCUT2D eigenvalue weighted by Crippen LogP contribution is 2.27. The van der Waals surface area contributed by atoms with Gasteiger partial charge in [0.1, 0.15) is 6.04 Å². The monoisotopic (exact) mass is 240 g/mol. The number of nitrogens with zero attached hydrogens (tertiary/aromatic N) is 2. The SMILES string of the molecule is CC1CN(C)C(CO)C(=O)N1C1CCCCC1. The first-order valence-corrected chi connectivity index (χ1v) is 6.78. The van der Waals surface area contributed by atoms with Crippen LogP contribution >= 0.6 is 0 Å². The van der Waals surface area contributed by atoms with Gasteiger partial charge in [-0.2, -0.15) is 0 Å². The molecule has 2 fully saturated rings. The van der Waals surface area contributed by atoms with Gasteiger partial charge >= 0.3 is 0 Å². The summed E-state index contributed by atoms with van der Waals surface area (Å²) in [6.45, 7) is 2.93. The van der Waals surface area contributed by atoms with Gasteiger partial charge in [-0.3, -0.25) is 9.69 Å². The van der Waals surface area contributed by atoms with E-state index in [0.29, 0.717) is 6.04 Å². The fraction of sp³-hybridized carbons (Fsp3) is 0.923. The number of hydrogen-bond donors (Lipinski definition) is 1. The van der Waals surface area contributed by atoms with Gasteiger partial charge in [0.2, 0.25) is 5.91 Å². The van der Waals surface area contributed by atoms with Crippen LogP contribution in [-0.4, -0.2) is 59.1 Å². The van der Waals surface area contributed by atoms with Crippen molar-refractivity contribution in [2.75, 3.05) is 20.2 Å². The number of aliphatic hydroxyl groups is 1. The van der Waals surface area contributed by atoms with Crippen LogP contribution in [0.5, 0.6) is 0 Å². The van der Waals surface area contributed by atoms with Gasteiger partial charge in [0.05, 0.1) is 6.61 Å². The molecule has 0 spiro atoms. The lowest BCUT2D eigenvalue weighted by Crippen LogP contribution is -2.63. The molecule has 17 heavy (non-hydrogen) atoms. The van der Waals surface area contributed by atoms with Gasteiger partial charge in [0, 0.05) is 18.6 Å². The Labute approximate surface area is 104 Å². The lowest BCUT2D eigenvalue weighted by molar-refractivity contribution is -0.150.